The van der Waals surface area contributed by atoms with Crippen molar-refractivity contribution in [3.63, 3.8) is 0 Å². The maximum Gasteiger partial charge on any atom is 0.271 e. The number of amides is 1. The summed E-state index contributed by atoms with van der Waals surface area (Å²) in [6, 6.07) is 33.8. The lowest BCUT2D eigenvalue weighted by Crippen LogP contribution is -2.43. The standard InChI is InChI=1S/C37H38N4O4/c1-25-34(23-41(2)22-27-8-4-3-5-9-27)44-37(45-35(25)29-16-14-28(24-42)15-17-29)30-18-12-26(13-19-30)20-39-36(43)33-21-38-31-10-6-7-11-32(31)40-33/h3-19,21,25,34-35,37,42H,20,22-24H2,1-2H3,(H,39,43)/t25-,34+,35+,37+/m1/s1. The van der Waals surface area contributed by atoms with Crippen molar-refractivity contribution in [2.75, 3.05) is 13.6 Å². The normalized spacial score (nSPS) is 19.9. The molecule has 0 unspecified atom stereocenters. The predicted octanol–water partition coefficient (Wildman–Crippen LogP) is 5.98. The van der Waals surface area contributed by atoms with E-state index in [4.69, 9.17) is 9.47 Å². The van der Waals surface area contributed by atoms with E-state index < -0.39 is 6.29 Å². The molecule has 2 N–H and O–H groups in total. The summed E-state index contributed by atoms with van der Waals surface area (Å²) in [7, 11) is 2.12. The SMILES string of the molecule is C[C@@H]1[C@H](CN(C)Cc2ccccc2)O[C@H](c2ccc(CNC(=O)c3cnc4ccccc4n3)cc2)O[C@@H]1c1ccc(CO)cc1. The number of benzene rings is 4. The van der Waals surface area contributed by atoms with E-state index in [9.17, 15) is 9.90 Å². The van der Waals surface area contributed by atoms with E-state index in [1.165, 1.54) is 11.8 Å². The van der Waals surface area contributed by atoms with Crippen molar-refractivity contribution in [1.29, 1.82) is 0 Å². The van der Waals surface area contributed by atoms with Gasteiger partial charge in [0.1, 0.15) is 5.69 Å². The molecule has 5 aromatic rings. The Hall–Kier alpha value is -4.47. The van der Waals surface area contributed by atoms with Crippen LogP contribution in [0, 0.1) is 5.92 Å². The summed E-state index contributed by atoms with van der Waals surface area (Å²) in [6.07, 6.45) is 0.673. The molecule has 1 fully saturated rings. The summed E-state index contributed by atoms with van der Waals surface area (Å²) >= 11 is 0. The van der Waals surface area contributed by atoms with Gasteiger partial charge in [0, 0.05) is 31.1 Å². The molecule has 230 valence electrons. The average molecular weight is 603 g/mol. The third-order valence-electron chi connectivity index (χ3n) is 8.30. The maximum atomic E-state index is 12.8. The van der Waals surface area contributed by atoms with E-state index in [0.29, 0.717) is 12.1 Å². The van der Waals surface area contributed by atoms with E-state index in [1.54, 1.807) is 0 Å². The molecule has 8 nitrogen and oxygen atoms in total. The van der Waals surface area contributed by atoms with Crippen molar-refractivity contribution >= 4 is 16.9 Å². The van der Waals surface area contributed by atoms with E-state index in [2.05, 4.69) is 58.4 Å². The first-order valence-electron chi connectivity index (χ1n) is 15.3. The van der Waals surface area contributed by atoms with Gasteiger partial charge in [0.2, 0.25) is 0 Å². The fraction of sp³-hybridized carbons (Fsp3) is 0.270. The van der Waals surface area contributed by atoms with Crippen LogP contribution in [0.25, 0.3) is 11.0 Å². The Bertz CT molecular complexity index is 1710. The van der Waals surface area contributed by atoms with Crippen LogP contribution in [-0.2, 0) is 29.2 Å². The molecule has 45 heavy (non-hydrogen) atoms. The number of carbonyl (C=O) groups is 1. The molecule has 0 saturated carbocycles. The first kappa shape index (κ1) is 30.6. The molecule has 2 heterocycles. The lowest BCUT2D eigenvalue weighted by atomic mass is 9.90. The van der Waals surface area contributed by atoms with Crippen molar-refractivity contribution in [3.05, 3.63) is 143 Å². The molecule has 1 saturated heterocycles. The number of carbonyl (C=O) groups excluding carboxylic acids is 1. The second-order valence-corrected chi connectivity index (χ2v) is 11.7. The van der Waals surface area contributed by atoms with E-state index in [-0.39, 0.29) is 36.3 Å². The number of ether oxygens (including phenoxy) is 2. The molecule has 4 aromatic carbocycles. The van der Waals surface area contributed by atoms with Crippen molar-refractivity contribution in [1.82, 2.24) is 20.2 Å². The zero-order chi connectivity index (χ0) is 31.2. The maximum absolute atomic E-state index is 12.8. The quantitative estimate of drug-likeness (QED) is 0.203. The molecule has 0 aliphatic carbocycles. The van der Waals surface area contributed by atoms with E-state index >= 15 is 0 Å². The second kappa shape index (κ2) is 14.1. The Morgan fingerprint density at radius 2 is 1.49 bits per heavy atom. The Morgan fingerprint density at radius 1 is 0.822 bits per heavy atom. The van der Waals surface area contributed by atoms with Gasteiger partial charge in [0.25, 0.3) is 5.91 Å². The summed E-state index contributed by atoms with van der Waals surface area (Å²) in [5, 5.41) is 12.5. The van der Waals surface area contributed by atoms with Crippen LogP contribution in [0.4, 0.5) is 0 Å². The van der Waals surface area contributed by atoms with Gasteiger partial charge in [-0.3, -0.25) is 14.7 Å². The van der Waals surface area contributed by atoms with Crippen molar-refractivity contribution in [3.8, 4) is 0 Å². The highest BCUT2D eigenvalue weighted by Gasteiger charge is 2.38. The number of hydrogen-bond donors (Lipinski definition) is 2. The number of fused-ring (bicyclic) bond motifs is 1. The highest BCUT2D eigenvalue weighted by molar-refractivity contribution is 5.93. The summed E-state index contributed by atoms with van der Waals surface area (Å²) in [5.41, 5.74) is 6.74. The number of para-hydroxylation sites is 2. The molecule has 0 radical (unpaired) electrons. The van der Waals surface area contributed by atoms with Crippen LogP contribution in [0.5, 0.6) is 0 Å². The Labute approximate surface area is 263 Å². The summed E-state index contributed by atoms with van der Waals surface area (Å²) < 4.78 is 13.2. The minimum Gasteiger partial charge on any atom is -0.392 e. The summed E-state index contributed by atoms with van der Waals surface area (Å²) in [6.45, 7) is 4.09. The second-order valence-electron chi connectivity index (χ2n) is 11.7. The molecule has 0 bridgehead atoms. The van der Waals surface area contributed by atoms with Gasteiger partial charge >= 0.3 is 0 Å². The lowest BCUT2D eigenvalue weighted by molar-refractivity contribution is -0.276. The van der Waals surface area contributed by atoms with Gasteiger partial charge in [-0.1, -0.05) is 97.9 Å². The Balaban J connectivity index is 1.15. The van der Waals surface area contributed by atoms with Crippen LogP contribution in [-0.4, -0.2) is 45.6 Å². The van der Waals surface area contributed by atoms with Crippen LogP contribution in [0.2, 0.25) is 0 Å². The molecule has 1 aliphatic rings. The number of aliphatic hydroxyl groups is 1. The van der Waals surface area contributed by atoms with Gasteiger partial charge < -0.3 is 19.9 Å². The Morgan fingerprint density at radius 3 is 2.22 bits per heavy atom. The summed E-state index contributed by atoms with van der Waals surface area (Å²) in [5.74, 6) is -0.185. The van der Waals surface area contributed by atoms with Crippen LogP contribution < -0.4 is 5.32 Å². The first-order valence-corrected chi connectivity index (χ1v) is 15.3. The third kappa shape index (κ3) is 7.44. The molecule has 8 heteroatoms. The number of nitrogens with zero attached hydrogens (tertiary/aromatic N) is 3. The zero-order valence-corrected chi connectivity index (χ0v) is 25.5. The van der Waals surface area contributed by atoms with E-state index in [0.717, 1.165) is 40.9 Å². The number of hydrogen-bond acceptors (Lipinski definition) is 7. The number of likely N-dealkylation sites (N-methyl/N-ethyl adjacent to an activating group) is 1. The van der Waals surface area contributed by atoms with Crippen LogP contribution >= 0.6 is 0 Å². The summed E-state index contributed by atoms with van der Waals surface area (Å²) in [4.78, 5) is 23.9. The third-order valence-corrected chi connectivity index (χ3v) is 8.30. The predicted molar refractivity (Wildman–Crippen MR) is 173 cm³/mol. The molecule has 1 amide bonds. The highest BCUT2D eigenvalue weighted by atomic mass is 16.7. The van der Waals surface area contributed by atoms with Crippen LogP contribution in [0.15, 0.2) is 109 Å². The minimum atomic E-state index is -0.560. The van der Waals surface area contributed by atoms with Crippen LogP contribution in [0.1, 0.15) is 57.6 Å². The highest BCUT2D eigenvalue weighted by Crippen LogP contribution is 2.42. The number of rotatable bonds is 10. The number of aliphatic hydroxyl groups excluding tert-OH is 1. The van der Waals surface area contributed by atoms with Gasteiger partial charge in [0.15, 0.2) is 6.29 Å². The molecular formula is C37H38N4O4. The molecule has 6 rings (SSSR count). The minimum absolute atomic E-state index is 0.00244. The monoisotopic (exact) mass is 602 g/mol. The first-order chi connectivity index (χ1) is 22.0. The molecule has 1 aromatic heterocycles. The van der Waals surface area contributed by atoms with Gasteiger partial charge in [0.05, 0.1) is 36.0 Å². The number of aromatic nitrogens is 2. The van der Waals surface area contributed by atoms with E-state index in [1.807, 2.05) is 78.9 Å². The molecule has 1 aliphatic heterocycles. The van der Waals surface area contributed by atoms with Crippen LogP contribution in [0.3, 0.4) is 0 Å². The van der Waals surface area contributed by atoms with Gasteiger partial charge in [-0.2, -0.15) is 0 Å². The molecular weight excluding hydrogens is 564 g/mol. The van der Waals surface area contributed by atoms with Crippen molar-refractivity contribution in [2.45, 2.75) is 45.1 Å². The van der Waals surface area contributed by atoms with Gasteiger partial charge in [-0.15, -0.1) is 0 Å². The molecule has 0 spiro atoms. The Kier molecular flexibility index (Phi) is 9.57. The van der Waals surface area contributed by atoms with Crippen molar-refractivity contribution in [2.24, 2.45) is 5.92 Å². The van der Waals surface area contributed by atoms with Gasteiger partial charge in [-0.25, -0.2) is 4.98 Å². The molecule has 4 atom stereocenters. The lowest BCUT2D eigenvalue weighted by Gasteiger charge is -2.42. The smallest absolute Gasteiger partial charge is 0.271 e. The van der Waals surface area contributed by atoms with Gasteiger partial charge in [-0.05, 0) is 41.4 Å². The fourth-order valence-electron chi connectivity index (χ4n) is 5.73. The topological polar surface area (TPSA) is 96.8 Å². The largest absolute Gasteiger partial charge is 0.392 e. The van der Waals surface area contributed by atoms with Crippen molar-refractivity contribution < 1.29 is 19.4 Å². The zero-order valence-electron chi connectivity index (χ0n) is 25.5. The number of nitrogens with one attached hydrogen (secondary N) is 1. The average Bonchev–Trinajstić information content (AvgIpc) is 3.08. The fourth-order valence-corrected chi connectivity index (χ4v) is 5.73.